The number of aliphatic hydroxyl groups excluding tert-OH is 2. The molecule has 1 saturated heterocycles. The van der Waals surface area contributed by atoms with Crippen LogP contribution in [0.5, 0.6) is 0 Å². The van der Waals surface area contributed by atoms with Gasteiger partial charge in [0.2, 0.25) is 12.4 Å². The summed E-state index contributed by atoms with van der Waals surface area (Å²) in [4.78, 5) is 51.3. The molecule has 2 N–H and O–H groups in total. The van der Waals surface area contributed by atoms with Crippen molar-refractivity contribution in [2.24, 2.45) is 50.2 Å². The molecule has 0 aromatic rings. The third-order valence-electron chi connectivity index (χ3n) is 15.6. The highest BCUT2D eigenvalue weighted by Crippen LogP contribution is 2.75. The first kappa shape index (κ1) is 39.2. The molecule has 2 unspecified atom stereocenters. The van der Waals surface area contributed by atoms with E-state index in [0.29, 0.717) is 37.5 Å². The molecule has 1 heterocycles. The minimum absolute atomic E-state index is 0.0253. The minimum atomic E-state index is -1.47. The molecule has 52 heavy (non-hydrogen) atoms. The van der Waals surface area contributed by atoms with Gasteiger partial charge < -0.3 is 33.9 Å². The van der Waals surface area contributed by atoms with Gasteiger partial charge in [-0.25, -0.2) is 0 Å². The van der Waals surface area contributed by atoms with Gasteiger partial charge in [-0.05, 0) is 103 Å². The molecule has 0 radical (unpaired) electrons. The summed E-state index contributed by atoms with van der Waals surface area (Å²) in [5.74, 6) is -2.28. The van der Waals surface area contributed by atoms with Crippen molar-refractivity contribution in [2.75, 3.05) is 6.61 Å². The highest BCUT2D eigenvalue weighted by molar-refractivity contribution is 5.80. The second-order valence-electron chi connectivity index (χ2n) is 19.3. The number of hydrogen-bond acceptors (Lipinski definition) is 11. The molecule has 4 saturated carbocycles. The van der Waals surface area contributed by atoms with Crippen molar-refractivity contribution in [3.63, 3.8) is 0 Å². The van der Waals surface area contributed by atoms with E-state index in [4.69, 9.17) is 23.7 Å². The Morgan fingerprint density at radius 2 is 1.37 bits per heavy atom. The number of ether oxygens (including phenoxy) is 5. The van der Waals surface area contributed by atoms with Crippen LogP contribution in [0.4, 0.5) is 0 Å². The lowest BCUT2D eigenvalue weighted by Crippen LogP contribution is -2.68. The van der Waals surface area contributed by atoms with Gasteiger partial charge in [0.1, 0.15) is 5.41 Å². The normalized spacial score (nSPS) is 46.1. The first-order chi connectivity index (χ1) is 24.0. The van der Waals surface area contributed by atoms with Crippen LogP contribution >= 0.6 is 0 Å². The van der Waals surface area contributed by atoms with E-state index in [9.17, 15) is 29.4 Å². The number of carbonyl (C=O) groups is 4. The fraction of sp³-hybridized carbons (Fsp3) is 0.854. The molecule has 5 aliphatic carbocycles. The molecule has 6 rings (SSSR count). The van der Waals surface area contributed by atoms with E-state index in [1.807, 2.05) is 0 Å². The lowest BCUT2D eigenvalue weighted by Gasteiger charge is -2.71. The average Bonchev–Trinajstić information content (AvgIpc) is 3.01. The van der Waals surface area contributed by atoms with Gasteiger partial charge in [-0.2, -0.15) is 0 Å². The molecular weight excluding hydrogens is 668 g/mol. The second-order valence-corrected chi connectivity index (χ2v) is 19.3. The minimum Gasteiger partial charge on any atom is -0.456 e. The van der Waals surface area contributed by atoms with Gasteiger partial charge in [0, 0.05) is 20.8 Å². The Labute approximate surface area is 308 Å². The lowest BCUT2D eigenvalue weighted by atomic mass is 9.33. The first-order valence-corrected chi connectivity index (χ1v) is 19.4. The lowest BCUT2D eigenvalue weighted by molar-refractivity contribution is -0.282. The average molecular weight is 731 g/mol. The van der Waals surface area contributed by atoms with Crippen LogP contribution in [0, 0.1) is 50.2 Å². The summed E-state index contributed by atoms with van der Waals surface area (Å²) in [6, 6.07) is 0. The maximum atomic E-state index is 14.9. The van der Waals surface area contributed by atoms with Gasteiger partial charge in [-0.15, -0.1) is 0 Å². The number of hydrogen-bond donors (Lipinski definition) is 2. The zero-order chi connectivity index (χ0) is 38.4. The quantitative estimate of drug-likeness (QED) is 0.200. The van der Waals surface area contributed by atoms with E-state index in [1.165, 1.54) is 26.3 Å². The van der Waals surface area contributed by atoms with Crippen molar-refractivity contribution in [2.45, 2.75) is 164 Å². The number of rotatable bonds is 5. The monoisotopic (exact) mass is 730 g/mol. The van der Waals surface area contributed by atoms with Crippen LogP contribution in [0.1, 0.15) is 127 Å². The van der Waals surface area contributed by atoms with Crippen molar-refractivity contribution in [3.8, 4) is 0 Å². The van der Waals surface area contributed by atoms with Crippen molar-refractivity contribution < 1.29 is 53.1 Å². The Kier molecular flexibility index (Phi) is 9.85. The third-order valence-corrected chi connectivity index (χ3v) is 15.6. The van der Waals surface area contributed by atoms with Crippen molar-refractivity contribution in [1.82, 2.24) is 0 Å². The van der Waals surface area contributed by atoms with Gasteiger partial charge in [0.15, 0.2) is 12.2 Å². The molecule has 5 fully saturated rings. The molecule has 292 valence electrons. The predicted octanol–water partition coefficient (Wildman–Crippen LogP) is 5.81. The van der Waals surface area contributed by atoms with Crippen molar-refractivity contribution >= 4 is 23.9 Å². The van der Waals surface area contributed by atoms with Crippen LogP contribution in [0.25, 0.3) is 0 Å². The van der Waals surface area contributed by atoms with Crippen LogP contribution < -0.4 is 0 Å². The maximum Gasteiger partial charge on any atom is 0.317 e. The van der Waals surface area contributed by atoms with E-state index in [-0.39, 0.29) is 45.7 Å². The summed E-state index contributed by atoms with van der Waals surface area (Å²) >= 11 is 0. The third kappa shape index (κ3) is 5.94. The largest absolute Gasteiger partial charge is 0.456 e. The van der Waals surface area contributed by atoms with Crippen LogP contribution in [0.2, 0.25) is 0 Å². The predicted molar refractivity (Wildman–Crippen MR) is 189 cm³/mol. The van der Waals surface area contributed by atoms with E-state index in [0.717, 1.165) is 32.1 Å². The van der Waals surface area contributed by atoms with Crippen molar-refractivity contribution in [3.05, 3.63) is 11.6 Å². The number of aliphatic hydroxyl groups is 2. The summed E-state index contributed by atoms with van der Waals surface area (Å²) in [6.07, 6.45) is 2.57. The number of esters is 4. The van der Waals surface area contributed by atoms with Gasteiger partial charge in [-0.1, -0.05) is 60.1 Å². The molecule has 0 spiro atoms. The molecular formula is C41H62O11. The molecule has 0 bridgehead atoms. The molecule has 13 atom stereocenters. The highest BCUT2D eigenvalue weighted by atomic mass is 16.7. The SMILES string of the molecule is CC(=O)O[C@@H]1[C@@H](OC(=O)[C@]23CCC(C)(C)C[C@H]2C2=CC[C@@H]4[C@@]5(C)CC[C@H](O)C(C)(C)C5CC[C@@]4(C)[C@]2(C)CC3O)OC[C@H](OC(C)=O)[C@@H]1OC(C)=O. The number of carbonyl (C=O) groups excluding carboxylic acids is 4. The fourth-order valence-corrected chi connectivity index (χ4v) is 12.7. The van der Waals surface area contributed by atoms with Crippen molar-refractivity contribution in [1.29, 1.82) is 0 Å². The van der Waals surface area contributed by atoms with E-state index in [2.05, 4.69) is 54.5 Å². The Morgan fingerprint density at radius 3 is 2.00 bits per heavy atom. The topological polar surface area (TPSA) is 155 Å². The summed E-state index contributed by atoms with van der Waals surface area (Å²) in [5.41, 5.74) is -0.840. The molecule has 11 heteroatoms. The Hall–Kier alpha value is -2.50. The van der Waals surface area contributed by atoms with Crippen LogP contribution in [-0.2, 0) is 42.9 Å². The summed E-state index contributed by atoms with van der Waals surface area (Å²) in [7, 11) is 0. The molecule has 11 nitrogen and oxygen atoms in total. The van der Waals surface area contributed by atoms with Gasteiger partial charge in [-0.3, -0.25) is 19.2 Å². The van der Waals surface area contributed by atoms with E-state index < -0.39 is 60.0 Å². The zero-order valence-corrected chi connectivity index (χ0v) is 32.9. The number of fused-ring (bicyclic) bond motifs is 7. The Morgan fingerprint density at radius 1 is 0.731 bits per heavy atom. The number of allylic oxidation sites excluding steroid dienone is 2. The standard InChI is InChI=1S/C41H62O11/c1-22(42)49-27-21-48-34(33(51-24(3)44)32(27)50-23(2)43)52-35(47)41-18-17-36(4,5)19-26(41)25-11-12-29-38(8)15-14-30(45)37(6,7)28(38)13-16-39(29,9)40(25,10)20-31(41)46/h11,26-34,45-46H,12-21H2,1-10H3/t26-,27-,28?,29+,30-,31?,32-,33-,34+,38-,39+,40+,41+/m0/s1. The van der Waals surface area contributed by atoms with E-state index >= 15 is 0 Å². The molecule has 0 aromatic carbocycles. The van der Waals surface area contributed by atoms with Crippen LogP contribution in [0.15, 0.2) is 11.6 Å². The highest BCUT2D eigenvalue weighted by Gasteiger charge is 2.71. The van der Waals surface area contributed by atoms with Crippen LogP contribution in [0.3, 0.4) is 0 Å². The smallest absolute Gasteiger partial charge is 0.317 e. The summed E-state index contributed by atoms with van der Waals surface area (Å²) in [5, 5.41) is 23.7. The van der Waals surface area contributed by atoms with Crippen LogP contribution in [-0.4, -0.2) is 77.5 Å². The first-order valence-electron chi connectivity index (χ1n) is 19.4. The molecule has 0 aromatic heterocycles. The second kappa shape index (κ2) is 13.1. The van der Waals surface area contributed by atoms with Gasteiger partial charge >= 0.3 is 23.9 Å². The molecule has 0 amide bonds. The fourth-order valence-electron chi connectivity index (χ4n) is 12.7. The van der Waals surface area contributed by atoms with Gasteiger partial charge in [0.05, 0.1) is 18.8 Å². The van der Waals surface area contributed by atoms with Gasteiger partial charge in [0.25, 0.3) is 0 Å². The summed E-state index contributed by atoms with van der Waals surface area (Å²) in [6.45, 7) is 19.4. The zero-order valence-electron chi connectivity index (χ0n) is 32.9. The molecule has 6 aliphatic rings. The Bertz CT molecular complexity index is 1500. The summed E-state index contributed by atoms with van der Waals surface area (Å²) < 4.78 is 28.5. The van der Waals surface area contributed by atoms with E-state index in [1.54, 1.807) is 0 Å². The Balaban J connectivity index is 1.37. The maximum absolute atomic E-state index is 14.9. The molecule has 1 aliphatic heterocycles.